The van der Waals surface area contributed by atoms with Gasteiger partial charge in [0.2, 0.25) is 11.8 Å². The molecule has 3 aromatic carbocycles. The number of hydrogen-bond donors (Lipinski definition) is 1. The Morgan fingerprint density at radius 1 is 0.952 bits per heavy atom. The highest BCUT2D eigenvalue weighted by molar-refractivity contribution is 8.19. The number of sulfonamides is 1. The molecule has 0 spiro atoms. The lowest BCUT2D eigenvalue weighted by atomic mass is 10.1. The van der Waals surface area contributed by atoms with Crippen LogP contribution in [0.3, 0.4) is 0 Å². The molecule has 0 aliphatic carbocycles. The van der Waals surface area contributed by atoms with Crippen LogP contribution in [0.2, 0.25) is 0 Å². The molecule has 13 nitrogen and oxygen atoms in total. The van der Waals surface area contributed by atoms with Crippen molar-refractivity contribution in [3.05, 3.63) is 93.4 Å². The molecule has 0 atom stereocenters. The van der Waals surface area contributed by atoms with E-state index in [-0.39, 0.29) is 43.2 Å². The van der Waals surface area contributed by atoms with Gasteiger partial charge in [0.25, 0.3) is 27.5 Å². The fraction of sp³-hybridized carbons (Fsp3) is 0.0741. The largest absolute Gasteiger partial charge is 0.274 e. The second kappa shape index (κ2) is 10.7. The average Bonchev–Trinajstić information content (AvgIpc) is 3.40. The summed E-state index contributed by atoms with van der Waals surface area (Å²) in [6.07, 6.45) is 0. The molecule has 0 bridgehead atoms. The number of amides is 4. The quantitative estimate of drug-likeness (QED) is 0.259. The molecule has 1 N–H and O–H groups in total. The SMILES string of the molecule is CC(=O)NS(=O)(=O)c1ccc(/N=C2\S/C(=C3\C(=O)N(C(C)=O)c4ccc([N+](=O)[O-])cc43)C(=O)N2c2ccccc2)cc1. The van der Waals surface area contributed by atoms with Crippen molar-refractivity contribution in [2.75, 3.05) is 9.80 Å². The van der Waals surface area contributed by atoms with Gasteiger partial charge in [-0.05, 0) is 54.2 Å². The number of carbonyl (C=O) groups is 4. The smallest absolute Gasteiger partial charge is 0.272 e. The molecule has 2 heterocycles. The van der Waals surface area contributed by atoms with Crippen molar-refractivity contribution in [3.8, 4) is 0 Å². The summed E-state index contributed by atoms with van der Waals surface area (Å²) < 4.78 is 26.5. The molecule has 5 rings (SSSR count). The molecule has 1 saturated heterocycles. The summed E-state index contributed by atoms with van der Waals surface area (Å²) in [6, 6.07) is 17.2. The van der Waals surface area contributed by atoms with Crippen LogP contribution in [0.4, 0.5) is 22.7 Å². The minimum absolute atomic E-state index is 0.0574. The Bertz CT molecular complexity index is 1870. The zero-order valence-corrected chi connectivity index (χ0v) is 23.4. The zero-order chi connectivity index (χ0) is 30.3. The first-order chi connectivity index (χ1) is 19.9. The number of benzene rings is 3. The summed E-state index contributed by atoms with van der Waals surface area (Å²) in [5.41, 5.74) is 0.315. The van der Waals surface area contributed by atoms with Crippen LogP contribution >= 0.6 is 11.8 Å². The first kappa shape index (κ1) is 28.4. The van der Waals surface area contributed by atoms with E-state index in [0.717, 1.165) is 35.7 Å². The molecule has 2 aliphatic rings. The van der Waals surface area contributed by atoms with Crippen LogP contribution < -0.4 is 14.5 Å². The standard InChI is InChI=1S/C27H19N5O8S2/c1-15(33)29-42(39,40)20-11-8-17(9-12-20)28-27-31(18-6-4-3-5-7-18)26(36)24(41-27)23-21-14-19(32(37)38)10-13-22(21)30(16(2)34)25(23)35/h3-14H,1-2H3,(H,29,33)/b24-23-,28-27-. The van der Waals surface area contributed by atoms with Gasteiger partial charge >= 0.3 is 0 Å². The van der Waals surface area contributed by atoms with E-state index < -0.39 is 38.6 Å². The summed E-state index contributed by atoms with van der Waals surface area (Å²) in [7, 11) is -4.09. The number of amidine groups is 1. The summed E-state index contributed by atoms with van der Waals surface area (Å²) in [6.45, 7) is 2.23. The fourth-order valence-electron chi connectivity index (χ4n) is 4.36. The van der Waals surface area contributed by atoms with Gasteiger partial charge in [0.1, 0.15) is 0 Å². The number of nitrogens with one attached hydrogen (secondary N) is 1. The Morgan fingerprint density at radius 2 is 1.62 bits per heavy atom. The predicted octanol–water partition coefficient (Wildman–Crippen LogP) is 3.49. The number of hydrogen-bond acceptors (Lipinski definition) is 10. The Hall–Kier alpha value is -5.15. The number of aliphatic imine (C=N–C) groups is 1. The molecule has 0 radical (unpaired) electrons. The van der Waals surface area contributed by atoms with Gasteiger partial charge in [-0.2, -0.15) is 0 Å². The van der Waals surface area contributed by atoms with Gasteiger partial charge in [0.15, 0.2) is 5.17 Å². The van der Waals surface area contributed by atoms with Crippen molar-refractivity contribution in [3.63, 3.8) is 0 Å². The maximum Gasteiger partial charge on any atom is 0.272 e. The van der Waals surface area contributed by atoms with Crippen molar-refractivity contribution in [1.82, 2.24) is 4.72 Å². The van der Waals surface area contributed by atoms with Crippen molar-refractivity contribution in [2.24, 2.45) is 4.99 Å². The molecular formula is C27H19N5O8S2. The summed E-state index contributed by atoms with van der Waals surface area (Å²) in [5.74, 6) is -2.85. The number of anilines is 2. The van der Waals surface area contributed by atoms with Crippen LogP contribution in [-0.2, 0) is 29.2 Å². The molecule has 0 aromatic heterocycles. The highest BCUT2D eigenvalue weighted by Gasteiger charge is 2.45. The molecule has 2 aliphatic heterocycles. The summed E-state index contributed by atoms with van der Waals surface area (Å²) in [4.78, 5) is 68.2. The molecule has 3 aromatic rings. The zero-order valence-electron chi connectivity index (χ0n) is 21.8. The molecule has 212 valence electrons. The van der Waals surface area contributed by atoms with Crippen LogP contribution in [0.15, 0.2) is 87.6 Å². The second-order valence-electron chi connectivity index (χ2n) is 8.95. The summed E-state index contributed by atoms with van der Waals surface area (Å²) >= 11 is 0.829. The van der Waals surface area contributed by atoms with Gasteiger partial charge in [-0.3, -0.25) is 34.2 Å². The third-order valence-electron chi connectivity index (χ3n) is 6.11. The number of rotatable bonds is 5. The number of carbonyl (C=O) groups excluding carboxylic acids is 4. The van der Waals surface area contributed by atoms with E-state index in [2.05, 4.69) is 4.99 Å². The second-order valence-corrected chi connectivity index (χ2v) is 11.6. The molecule has 42 heavy (non-hydrogen) atoms. The highest BCUT2D eigenvalue weighted by Crippen LogP contribution is 2.47. The van der Waals surface area contributed by atoms with E-state index in [1.165, 1.54) is 42.2 Å². The number of nitro groups is 1. The first-order valence-electron chi connectivity index (χ1n) is 12.1. The maximum absolute atomic E-state index is 13.9. The van der Waals surface area contributed by atoms with Gasteiger partial charge in [-0.15, -0.1) is 0 Å². The lowest BCUT2D eigenvalue weighted by Gasteiger charge is -2.15. The average molecular weight is 606 g/mol. The number of nitro benzene ring substituents is 1. The highest BCUT2D eigenvalue weighted by atomic mass is 32.2. The molecule has 0 unspecified atom stereocenters. The van der Waals surface area contributed by atoms with Crippen LogP contribution in [0.1, 0.15) is 19.4 Å². The third kappa shape index (κ3) is 5.06. The van der Waals surface area contributed by atoms with Crippen LogP contribution in [-0.4, -0.2) is 42.1 Å². The van der Waals surface area contributed by atoms with Gasteiger partial charge in [-0.25, -0.2) is 23.0 Å². The molecule has 4 amide bonds. The van der Waals surface area contributed by atoms with Gasteiger partial charge in [0, 0.05) is 31.5 Å². The Balaban J connectivity index is 1.65. The minimum Gasteiger partial charge on any atom is -0.274 e. The number of para-hydroxylation sites is 1. The van der Waals surface area contributed by atoms with E-state index in [0.29, 0.717) is 5.69 Å². The minimum atomic E-state index is -4.09. The monoisotopic (exact) mass is 605 g/mol. The summed E-state index contributed by atoms with van der Waals surface area (Å²) in [5, 5.41) is 11.6. The van der Waals surface area contributed by atoms with E-state index in [1.807, 2.05) is 4.72 Å². The van der Waals surface area contributed by atoms with E-state index in [1.54, 1.807) is 30.3 Å². The topological polar surface area (TPSA) is 176 Å². The van der Waals surface area contributed by atoms with Gasteiger partial charge in [0.05, 0.1) is 37.4 Å². The third-order valence-corrected chi connectivity index (χ3v) is 8.59. The normalized spacial score (nSPS) is 17.5. The van der Waals surface area contributed by atoms with Crippen molar-refractivity contribution in [2.45, 2.75) is 18.7 Å². The predicted molar refractivity (Wildman–Crippen MR) is 154 cm³/mol. The number of non-ortho nitro benzene ring substituents is 1. The molecule has 1 fully saturated rings. The number of fused-ring (bicyclic) bond motifs is 1. The van der Waals surface area contributed by atoms with E-state index >= 15 is 0 Å². The Morgan fingerprint density at radius 3 is 2.21 bits per heavy atom. The fourth-order valence-corrected chi connectivity index (χ4v) is 6.45. The van der Waals surface area contributed by atoms with Crippen LogP contribution in [0.25, 0.3) is 5.57 Å². The number of nitrogens with zero attached hydrogens (tertiary/aromatic N) is 4. The van der Waals surface area contributed by atoms with Crippen molar-refractivity contribution in [1.29, 1.82) is 0 Å². The van der Waals surface area contributed by atoms with Crippen LogP contribution in [0.5, 0.6) is 0 Å². The van der Waals surface area contributed by atoms with Gasteiger partial charge in [-0.1, -0.05) is 18.2 Å². The van der Waals surface area contributed by atoms with E-state index in [9.17, 15) is 37.7 Å². The molecular weight excluding hydrogens is 586 g/mol. The lowest BCUT2D eigenvalue weighted by Crippen LogP contribution is -2.32. The molecule has 0 saturated carbocycles. The van der Waals surface area contributed by atoms with E-state index in [4.69, 9.17) is 0 Å². The van der Waals surface area contributed by atoms with Crippen LogP contribution in [0, 0.1) is 10.1 Å². The Labute approximate surface area is 242 Å². The maximum atomic E-state index is 13.9. The van der Waals surface area contributed by atoms with Gasteiger partial charge < -0.3 is 0 Å². The molecule has 15 heteroatoms. The number of thioether (sulfide) groups is 1. The Kier molecular flexibility index (Phi) is 7.22. The van der Waals surface area contributed by atoms with Crippen molar-refractivity contribution < 1.29 is 32.5 Å². The number of imide groups is 1. The van der Waals surface area contributed by atoms with Crippen molar-refractivity contribution >= 4 is 78.9 Å². The first-order valence-corrected chi connectivity index (χ1v) is 14.4. The lowest BCUT2D eigenvalue weighted by molar-refractivity contribution is -0.384.